The highest BCUT2D eigenvalue weighted by molar-refractivity contribution is 5.27. The zero-order valence-electron chi connectivity index (χ0n) is 9.00. The van der Waals surface area contributed by atoms with Gasteiger partial charge in [-0.2, -0.15) is 0 Å². The molecule has 0 aliphatic rings. The van der Waals surface area contributed by atoms with Gasteiger partial charge in [-0.15, -0.1) is 10.2 Å². The molecule has 0 saturated carbocycles. The van der Waals surface area contributed by atoms with E-state index in [0.29, 0.717) is 5.88 Å². The van der Waals surface area contributed by atoms with Gasteiger partial charge in [-0.1, -0.05) is 30.3 Å². The molecular weight excluding hydrogens is 202 g/mol. The van der Waals surface area contributed by atoms with Crippen LogP contribution in [-0.4, -0.2) is 17.3 Å². The Morgan fingerprint density at radius 3 is 2.38 bits per heavy atom. The van der Waals surface area contributed by atoms with E-state index in [1.807, 2.05) is 36.4 Å². The summed E-state index contributed by atoms with van der Waals surface area (Å²) in [5.74, 6) is 0.490. The van der Waals surface area contributed by atoms with E-state index >= 15 is 0 Å². The third-order valence-corrected chi connectivity index (χ3v) is 2.35. The van der Waals surface area contributed by atoms with Gasteiger partial charge in [0, 0.05) is 6.07 Å². The Hall–Kier alpha value is -1.94. The van der Waals surface area contributed by atoms with Crippen molar-refractivity contribution in [1.82, 2.24) is 10.2 Å². The fraction of sp³-hybridized carbons (Fsp3) is 0.167. The van der Waals surface area contributed by atoms with Crippen LogP contribution in [0.1, 0.15) is 17.3 Å². The van der Waals surface area contributed by atoms with E-state index in [1.165, 1.54) is 0 Å². The maximum Gasteiger partial charge on any atom is 0.233 e. The second-order valence-corrected chi connectivity index (χ2v) is 3.39. The lowest BCUT2D eigenvalue weighted by Crippen LogP contribution is -2.14. The zero-order valence-corrected chi connectivity index (χ0v) is 9.00. The Morgan fingerprint density at radius 2 is 1.81 bits per heavy atom. The topological polar surface area (TPSA) is 61.0 Å². The minimum absolute atomic E-state index is 0.250. The molecule has 0 aliphatic carbocycles. The molecule has 1 aromatic heterocycles. The molecule has 1 unspecified atom stereocenters. The molecule has 4 heteroatoms. The van der Waals surface area contributed by atoms with E-state index < -0.39 is 0 Å². The number of aromatic nitrogens is 2. The molecule has 1 atom stereocenters. The van der Waals surface area contributed by atoms with Crippen molar-refractivity contribution in [2.24, 2.45) is 5.73 Å². The van der Waals surface area contributed by atoms with Gasteiger partial charge in [-0.05, 0) is 11.6 Å². The lowest BCUT2D eigenvalue weighted by Gasteiger charge is -2.10. The van der Waals surface area contributed by atoms with E-state index in [0.717, 1.165) is 11.3 Å². The summed E-state index contributed by atoms with van der Waals surface area (Å²) in [7, 11) is 1.56. The van der Waals surface area contributed by atoms with Crippen LogP contribution in [0.25, 0.3) is 0 Å². The van der Waals surface area contributed by atoms with Crippen molar-refractivity contribution in [3.05, 3.63) is 53.7 Å². The lowest BCUT2D eigenvalue weighted by atomic mass is 10.0. The van der Waals surface area contributed by atoms with Crippen LogP contribution >= 0.6 is 0 Å². The first-order chi connectivity index (χ1) is 7.81. The highest BCUT2D eigenvalue weighted by Crippen LogP contribution is 2.17. The highest BCUT2D eigenvalue weighted by Gasteiger charge is 2.10. The van der Waals surface area contributed by atoms with Gasteiger partial charge in [0.1, 0.15) is 0 Å². The molecule has 4 nitrogen and oxygen atoms in total. The Balaban J connectivity index is 2.24. The molecule has 0 amide bonds. The van der Waals surface area contributed by atoms with Gasteiger partial charge in [0.15, 0.2) is 0 Å². The van der Waals surface area contributed by atoms with Crippen LogP contribution in [0.3, 0.4) is 0 Å². The summed E-state index contributed by atoms with van der Waals surface area (Å²) in [4.78, 5) is 0. The molecule has 2 rings (SSSR count). The van der Waals surface area contributed by atoms with Crippen LogP contribution in [0.5, 0.6) is 5.88 Å². The van der Waals surface area contributed by atoms with Crippen molar-refractivity contribution in [2.45, 2.75) is 6.04 Å². The zero-order chi connectivity index (χ0) is 11.4. The SMILES string of the molecule is COc1ccc(C(N)c2ccccc2)nn1. The predicted octanol–water partition coefficient (Wildman–Crippen LogP) is 1.53. The first kappa shape index (κ1) is 10.6. The standard InChI is InChI=1S/C12H13N3O/c1-16-11-8-7-10(14-15-11)12(13)9-5-3-2-4-6-9/h2-8,12H,13H2,1H3. The lowest BCUT2D eigenvalue weighted by molar-refractivity contribution is 0.390. The molecule has 0 bridgehead atoms. The summed E-state index contributed by atoms with van der Waals surface area (Å²) in [6, 6.07) is 13.1. The predicted molar refractivity (Wildman–Crippen MR) is 61.1 cm³/mol. The van der Waals surface area contributed by atoms with Crippen molar-refractivity contribution in [3.63, 3.8) is 0 Å². The van der Waals surface area contributed by atoms with Crippen LogP contribution < -0.4 is 10.5 Å². The van der Waals surface area contributed by atoms with Crippen molar-refractivity contribution >= 4 is 0 Å². The van der Waals surface area contributed by atoms with Gasteiger partial charge < -0.3 is 10.5 Å². The van der Waals surface area contributed by atoms with E-state index in [-0.39, 0.29) is 6.04 Å². The third kappa shape index (κ3) is 2.17. The first-order valence-corrected chi connectivity index (χ1v) is 4.99. The summed E-state index contributed by atoms with van der Waals surface area (Å²) < 4.78 is 4.94. The number of ether oxygens (including phenoxy) is 1. The monoisotopic (exact) mass is 215 g/mol. The second-order valence-electron chi connectivity index (χ2n) is 3.39. The fourth-order valence-corrected chi connectivity index (χ4v) is 1.44. The van der Waals surface area contributed by atoms with Crippen LogP contribution in [0.2, 0.25) is 0 Å². The fourth-order valence-electron chi connectivity index (χ4n) is 1.44. The van der Waals surface area contributed by atoms with Crippen molar-refractivity contribution in [3.8, 4) is 5.88 Å². The second kappa shape index (κ2) is 4.72. The van der Waals surface area contributed by atoms with Crippen LogP contribution in [0, 0.1) is 0 Å². The van der Waals surface area contributed by atoms with Gasteiger partial charge in [-0.3, -0.25) is 0 Å². The number of nitrogens with two attached hydrogens (primary N) is 1. The summed E-state index contributed by atoms with van der Waals surface area (Å²) in [5.41, 5.74) is 7.81. The van der Waals surface area contributed by atoms with E-state index in [9.17, 15) is 0 Å². The number of methoxy groups -OCH3 is 1. The van der Waals surface area contributed by atoms with E-state index in [4.69, 9.17) is 10.5 Å². The van der Waals surface area contributed by atoms with Gasteiger partial charge in [0.2, 0.25) is 5.88 Å². The minimum Gasteiger partial charge on any atom is -0.480 e. The Labute approximate surface area is 94.1 Å². The molecule has 0 spiro atoms. The first-order valence-electron chi connectivity index (χ1n) is 4.99. The van der Waals surface area contributed by atoms with Crippen molar-refractivity contribution < 1.29 is 4.74 Å². The van der Waals surface area contributed by atoms with E-state index in [1.54, 1.807) is 13.2 Å². The molecule has 1 aromatic carbocycles. The minimum atomic E-state index is -0.250. The average molecular weight is 215 g/mol. The van der Waals surface area contributed by atoms with Crippen molar-refractivity contribution in [1.29, 1.82) is 0 Å². The quantitative estimate of drug-likeness (QED) is 0.843. The van der Waals surface area contributed by atoms with Crippen LogP contribution in [0.4, 0.5) is 0 Å². The number of hydrogen-bond donors (Lipinski definition) is 1. The average Bonchev–Trinajstić information content (AvgIpc) is 2.39. The molecule has 0 saturated heterocycles. The van der Waals surface area contributed by atoms with Gasteiger partial charge in [-0.25, -0.2) is 0 Å². The molecule has 0 fully saturated rings. The molecule has 0 radical (unpaired) electrons. The Morgan fingerprint density at radius 1 is 1.06 bits per heavy atom. The molecule has 0 aliphatic heterocycles. The molecule has 2 aromatic rings. The van der Waals surface area contributed by atoms with E-state index in [2.05, 4.69) is 10.2 Å². The Kier molecular flexibility index (Phi) is 3.12. The summed E-state index contributed by atoms with van der Waals surface area (Å²) in [6.07, 6.45) is 0. The molecule has 82 valence electrons. The smallest absolute Gasteiger partial charge is 0.233 e. The molecular formula is C12H13N3O. The molecule has 1 heterocycles. The largest absolute Gasteiger partial charge is 0.480 e. The molecule has 2 N–H and O–H groups in total. The summed E-state index contributed by atoms with van der Waals surface area (Å²) >= 11 is 0. The third-order valence-electron chi connectivity index (χ3n) is 2.35. The summed E-state index contributed by atoms with van der Waals surface area (Å²) in [5, 5.41) is 7.92. The molecule has 16 heavy (non-hydrogen) atoms. The maximum atomic E-state index is 6.06. The Bertz CT molecular complexity index is 442. The van der Waals surface area contributed by atoms with Gasteiger partial charge >= 0.3 is 0 Å². The normalized spacial score (nSPS) is 12.1. The van der Waals surface area contributed by atoms with Crippen LogP contribution in [-0.2, 0) is 0 Å². The number of hydrogen-bond acceptors (Lipinski definition) is 4. The van der Waals surface area contributed by atoms with Crippen molar-refractivity contribution in [2.75, 3.05) is 7.11 Å². The number of nitrogens with zero attached hydrogens (tertiary/aromatic N) is 2. The maximum absolute atomic E-state index is 6.06. The number of benzene rings is 1. The van der Waals surface area contributed by atoms with Gasteiger partial charge in [0.25, 0.3) is 0 Å². The van der Waals surface area contributed by atoms with Gasteiger partial charge in [0.05, 0.1) is 18.8 Å². The number of rotatable bonds is 3. The summed E-state index contributed by atoms with van der Waals surface area (Å²) in [6.45, 7) is 0. The van der Waals surface area contributed by atoms with Crippen LogP contribution in [0.15, 0.2) is 42.5 Å². The highest BCUT2D eigenvalue weighted by atomic mass is 16.5.